The Labute approximate surface area is 140 Å². The van der Waals surface area contributed by atoms with E-state index in [-0.39, 0.29) is 30.2 Å². The molecule has 3 rings (SSSR count). The fourth-order valence-electron chi connectivity index (χ4n) is 3.35. The van der Waals surface area contributed by atoms with Gasteiger partial charge in [0.1, 0.15) is 5.82 Å². The number of hydrogen-bond acceptors (Lipinski definition) is 4. The third kappa shape index (κ3) is 3.73. The Bertz CT molecular complexity index is 584. The molecule has 2 saturated heterocycles. The summed E-state index contributed by atoms with van der Waals surface area (Å²) in [6, 6.07) is 5.67. The number of carbonyl (C=O) groups is 2. The molecule has 2 heterocycles. The van der Waals surface area contributed by atoms with Gasteiger partial charge in [-0.25, -0.2) is 9.18 Å². The van der Waals surface area contributed by atoms with Crippen molar-refractivity contribution in [1.29, 1.82) is 0 Å². The van der Waals surface area contributed by atoms with E-state index >= 15 is 0 Å². The number of urea groups is 1. The standard InChI is InChI=1S/C17H22FN3O3/c18-14-3-1-12(2-4-14)16(23)13-5-7-20(8-6-13)9-10-21-15(22)11-19-17(21)24/h1-4,13,16,23H,5-11H2,(H,19,24). The van der Waals surface area contributed by atoms with Crippen LogP contribution in [0.2, 0.25) is 0 Å². The topological polar surface area (TPSA) is 72.9 Å². The Morgan fingerprint density at radius 2 is 1.83 bits per heavy atom. The van der Waals surface area contributed by atoms with Crippen molar-refractivity contribution in [3.8, 4) is 0 Å². The number of nitrogens with one attached hydrogen (secondary N) is 1. The van der Waals surface area contributed by atoms with E-state index in [0.717, 1.165) is 31.5 Å². The molecular weight excluding hydrogens is 313 g/mol. The maximum absolute atomic E-state index is 13.0. The second-order valence-corrected chi connectivity index (χ2v) is 6.38. The van der Waals surface area contributed by atoms with Crippen LogP contribution in [0, 0.1) is 11.7 Å². The van der Waals surface area contributed by atoms with Crippen molar-refractivity contribution in [2.45, 2.75) is 18.9 Å². The molecular formula is C17H22FN3O3. The van der Waals surface area contributed by atoms with Crippen molar-refractivity contribution in [3.05, 3.63) is 35.6 Å². The third-order valence-corrected chi connectivity index (χ3v) is 4.87. The van der Waals surface area contributed by atoms with Crippen LogP contribution in [0.1, 0.15) is 24.5 Å². The molecule has 1 atom stereocenters. The van der Waals surface area contributed by atoms with Gasteiger partial charge in [-0.3, -0.25) is 9.69 Å². The normalized spacial score (nSPS) is 21.2. The van der Waals surface area contributed by atoms with Crippen LogP contribution in [-0.2, 0) is 4.79 Å². The molecule has 1 unspecified atom stereocenters. The number of benzene rings is 1. The lowest BCUT2D eigenvalue weighted by Gasteiger charge is -2.34. The van der Waals surface area contributed by atoms with Gasteiger partial charge in [0.15, 0.2) is 0 Å². The van der Waals surface area contributed by atoms with E-state index in [2.05, 4.69) is 10.2 Å². The van der Waals surface area contributed by atoms with E-state index in [4.69, 9.17) is 0 Å². The maximum Gasteiger partial charge on any atom is 0.324 e. The maximum atomic E-state index is 13.0. The van der Waals surface area contributed by atoms with Crippen molar-refractivity contribution in [3.63, 3.8) is 0 Å². The van der Waals surface area contributed by atoms with Gasteiger partial charge in [-0.2, -0.15) is 0 Å². The van der Waals surface area contributed by atoms with E-state index in [1.54, 1.807) is 12.1 Å². The number of rotatable bonds is 5. The second kappa shape index (κ2) is 7.27. The quantitative estimate of drug-likeness (QED) is 0.791. The molecule has 0 spiro atoms. The average molecular weight is 335 g/mol. The highest BCUT2D eigenvalue weighted by Crippen LogP contribution is 2.30. The van der Waals surface area contributed by atoms with Crippen molar-refractivity contribution in [1.82, 2.24) is 15.1 Å². The number of imide groups is 1. The molecule has 6 nitrogen and oxygen atoms in total. The zero-order chi connectivity index (χ0) is 17.1. The van der Waals surface area contributed by atoms with E-state index in [1.165, 1.54) is 17.0 Å². The molecule has 7 heteroatoms. The molecule has 1 aromatic rings. The van der Waals surface area contributed by atoms with E-state index in [0.29, 0.717) is 13.1 Å². The van der Waals surface area contributed by atoms with Gasteiger partial charge >= 0.3 is 6.03 Å². The summed E-state index contributed by atoms with van der Waals surface area (Å²) in [5, 5.41) is 13.0. The summed E-state index contributed by atoms with van der Waals surface area (Å²) in [5.74, 6) is -0.341. The zero-order valence-electron chi connectivity index (χ0n) is 13.4. The summed E-state index contributed by atoms with van der Waals surface area (Å²) in [6.07, 6.45) is 1.08. The van der Waals surface area contributed by atoms with Crippen molar-refractivity contribution in [2.75, 3.05) is 32.7 Å². The summed E-state index contributed by atoms with van der Waals surface area (Å²) in [5.41, 5.74) is 0.745. The van der Waals surface area contributed by atoms with Crippen molar-refractivity contribution < 1.29 is 19.1 Å². The molecule has 0 aliphatic carbocycles. The van der Waals surface area contributed by atoms with Crippen LogP contribution in [0.25, 0.3) is 0 Å². The van der Waals surface area contributed by atoms with Crippen LogP contribution in [-0.4, -0.2) is 59.6 Å². The molecule has 0 saturated carbocycles. The number of halogens is 1. The second-order valence-electron chi connectivity index (χ2n) is 6.38. The van der Waals surface area contributed by atoms with Crippen molar-refractivity contribution >= 4 is 11.9 Å². The highest BCUT2D eigenvalue weighted by atomic mass is 19.1. The fourth-order valence-corrected chi connectivity index (χ4v) is 3.35. The lowest BCUT2D eigenvalue weighted by atomic mass is 9.87. The SMILES string of the molecule is O=C1CNC(=O)N1CCN1CCC(C(O)c2ccc(F)cc2)CC1. The number of likely N-dealkylation sites (tertiary alicyclic amines) is 1. The van der Waals surface area contributed by atoms with Crippen LogP contribution in [0.4, 0.5) is 9.18 Å². The van der Waals surface area contributed by atoms with Gasteiger partial charge in [0.25, 0.3) is 0 Å². The lowest BCUT2D eigenvalue weighted by Crippen LogP contribution is -2.42. The summed E-state index contributed by atoms with van der Waals surface area (Å²) in [7, 11) is 0. The van der Waals surface area contributed by atoms with Crippen LogP contribution in [0.15, 0.2) is 24.3 Å². The number of aliphatic hydroxyl groups is 1. The highest BCUT2D eigenvalue weighted by Gasteiger charge is 2.30. The molecule has 2 aliphatic heterocycles. The number of aliphatic hydroxyl groups excluding tert-OH is 1. The molecule has 3 amide bonds. The van der Waals surface area contributed by atoms with Gasteiger partial charge < -0.3 is 15.3 Å². The number of hydrogen-bond donors (Lipinski definition) is 2. The van der Waals surface area contributed by atoms with Crippen LogP contribution in [0.5, 0.6) is 0 Å². The first-order chi connectivity index (χ1) is 11.5. The Kier molecular flexibility index (Phi) is 5.11. The van der Waals surface area contributed by atoms with Gasteiger partial charge in [-0.1, -0.05) is 12.1 Å². The molecule has 2 fully saturated rings. The van der Waals surface area contributed by atoms with Crippen LogP contribution < -0.4 is 5.32 Å². The van der Waals surface area contributed by atoms with E-state index < -0.39 is 6.10 Å². The minimum absolute atomic E-state index is 0.0881. The predicted molar refractivity (Wildman–Crippen MR) is 85.6 cm³/mol. The predicted octanol–water partition coefficient (Wildman–Crippen LogP) is 1.12. The molecule has 2 aliphatic rings. The molecule has 0 radical (unpaired) electrons. The number of nitrogens with zero attached hydrogens (tertiary/aromatic N) is 2. The summed E-state index contributed by atoms with van der Waals surface area (Å²) in [4.78, 5) is 26.5. The van der Waals surface area contributed by atoms with Crippen LogP contribution in [0.3, 0.4) is 0 Å². The molecule has 2 N–H and O–H groups in total. The largest absolute Gasteiger partial charge is 0.388 e. The van der Waals surface area contributed by atoms with Gasteiger partial charge in [0.2, 0.25) is 5.91 Å². The first-order valence-electron chi connectivity index (χ1n) is 8.28. The number of carbonyl (C=O) groups excluding carboxylic acids is 2. The molecule has 1 aromatic carbocycles. The van der Waals surface area contributed by atoms with Gasteiger partial charge in [-0.05, 0) is 49.5 Å². The number of amides is 3. The van der Waals surface area contributed by atoms with Crippen molar-refractivity contribution in [2.24, 2.45) is 5.92 Å². The molecule has 0 aromatic heterocycles. The van der Waals surface area contributed by atoms with E-state index in [9.17, 15) is 19.1 Å². The summed E-state index contributed by atoms with van der Waals surface area (Å²) < 4.78 is 13.0. The first kappa shape index (κ1) is 16.9. The Morgan fingerprint density at radius 1 is 1.17 bits per heavy atom. The summed E-state index contributed by atoms with van der Waals surface area (Å²) in [6.45, 7) is 2.76. The fraction of sp³-hybridized carbons (Fsp3) is 0.529. The van der Waals surface area contributed by atoms with Gasteiger partial charge in [0.05, 0.1) is 12.6 Å². The number of piperidine rings is 1. The zero-order valence-corrected chi connectivity index (χ0v) is 13.4. The molecule has 130 valence electrons. The van der Waals surface area contributed by atoms with Crippen LogP contribution >= 0.6 is 0 Å². The highest BCUT2D eigenvalue weighted by molar-refractivity contribution is 6.01. The Hall–Kier alpha value is -1.99. The average Bonchev–Trinajstić information content (AvgIpc) is 2.92. The minimum atomic E-state index is -0.585. The van der Waals surface area contributed by atoms with Gasteiger partial charge in [0, 0.05) is 13.1 Å². The molecule has 0 bridgehead atoms. The minimum Gasteiger partial charge on any atom is -0.388 e. The first-order valence-corrected chi connectivity index (χ1v) is 8.28. The summed E-state index contributed by atoms with van der Waals surface area (Å²) >= 11 is 0. The monoisotopic (exact) mass is 335 g/mol. The van der Waals surface area contributed by atoms with Gasteiger partial charge in [-0.15, -0.1) is 0 Å². The Morgan fingerprint density at radius 3 is 2.42 bits per heavy atom. The molecule has 24 heavy (non-hydrogen) atoms. The Balaban J connectivity index is 1.46. The van der Waals surface area contributed by atoms with E-state index in [1.807, 2.05) is 0 Å². The lowest BCUT2D eigenvalue weighted by molar-refractivity contribution is -0.125. The smallest absolute Gasteiger partial charge is 0.324 e. The third-order valence-electron chi connectivity index (χ3n) is 4.87.